The molecule has 0 bridgehead atoms. The molecule has 4 rings (SSSR count). The van der Waals surface area contributed by atoms with Gasteiger partial charge in [0.1, 0.15) is 16.5 Å². The van der Waals surface area contributed by atoms with Crippen molar-refractivity contribution < 1.29 is 14.3 Å². The minimum atomic E-state index is -0.149. The SMILES string of the molecule is COc1ccccc1-c1nc(C(=O)N2CCN(C(=O)c3cc(Cl)cc(Cl)c3)CC2)cs1. The maximum Gasteiger partial charge on any atom is 0.273 e. The molecule has 9 heteroatoms. The highest BCUT2D eigenvalue weighted by atomic mass is 35.5. The number of para-hydroxylation sites is 1. The van der Waals surface area contributed by atoms with Crippen LogP contribution in [0.3, 0.4) is 0 Å². The molecule has 2 heterocycles. The Hall–Kier alpha value is -2.61. The summed E-state index contributed by atoms with van der Waals surface area (Å²) in [4.78, 5) is 33.6. The molecule has 31 heavy (non-hydrogen) atoms. The molecule has 6 nitrogen and oxygen atoms in total. The van der Waals surface area contributed by atoms with Crippen molar-refractivity contribution in [3.05, 3.63) is 69.1 Å². The maximum absolute atomic E-state index is 12.9. The van der Waals surface area contributed by atoms with Gasteiger partial charge in [-0.05, 0) is 30.3 Å². The highest BCUT2D eigenvalue weighted by Crippen LogP contribution is 2.32. The summed E-state index contributed by atoms with van der Waals surface area (Å²) in [6.07, 6.45) is 0. The molecule has 0 atom stereocenters. The second-order valence-corrected chi connectivity index (χ2v) is 8.71. The predicted octanol–water partition coefficient (Wildman–Crippen LogP) is 4.72. The van der Waals surface area contributed by atoms with Gasteiger partial charge < -0.3 is 14.5 Å². The Balaban J connectivity index is 1.42. The number of carbonyl (C=O) groups is 2. The van der Waals surface area contributed by atoms with E-state index >= 15 is 0 Å². The average Bonchev–Trinajstić information content (AvgIpc) is 3.27. The molecular weight excluding hydrogens is 457 g/mol. The molecule has 1 saturated heterocycles. The third-order valence-corrected chi connectivity index (χ3v) is 6.34. The molecule has 1 aliphatic heterocycles. The van der Waals surface area contributed by atoms with E-state index in [1.807, 2.05) is 24.3 Å². The first-order valence-electron chi connectivity index (χ1n) is 9.60. The summed E-state index contributed by atoms with van der Waals surface area (Å²) in [5.41, 5.74) is 1.69. The van der Waals surface area contributed by atoms with Gasteiger partial charge in [-0.1, -0.05) is 35.3 Å². The lowest BCUT2D eigenvalue weighted by atomic mass is 10.1. The first kappa shape index (κ1) is 21.6. The lowest BCUT2D eigenvalue weighted by Gasteiger charge is -2.34. The molecule has 0 unspecified atom stereocenters. The Kier molecular flexibility index (Phi) is 6.46. The lowest BCUT2D eigenvalue weighted by molar-refractivity contribution is 0.0533. The third-order valence-electron chi connectivity index (χ3n) is 5.02. The van der Waals surface area contributed by atoms with Crippen LogP contribution < -0.4 is 4.74 Å². The van der Waals surface area contributed by atoms with Crippen LogP contribution in [0.4, 0.5) is 0 Å². The van der Waals surface area contributed by atoms with E-state index in [1.54, 1.807) is 40.5 Å². The van der Waals surface area contributed by atoms with Gasteiger partial charge in [0, 0.05) is 47.2 Å². The molecular formula is C22H19Cl2N3O3S. The van der Waals surface area contributed by atoms with Crippen molar-refractivity contribution in [2.24, 2.45) is 0 Å². The van der Waals surface area contributed by atoms with E-state index in [4.69, 9.17) is 27.9 Å². The summed E-state index contributed by atoms with van der Waals surface area (Å²) in [5.74, 6) is 0.419. The average molecular weight is 476 g/mol. The Bertz CT molecular complexity index is 1110. The number of carbonyl (C=O) groups excluding carboxylic acids is 2. The minimum Gasteiger partial charge on any atom is -0.496 e. The number of hydrogen-bond donors (Lipinski definition) is 0. The van der Waals surface area contributed by atoms with Crippen molar-refractivity contribution in [3.63, 3.8) is 0 Å². The summed E-state index contributed by atoms with van der Waals surface area (Å²) >= 11 is 13.4. The van der Waals surface area contributed by atoms with Gasteiger partial charge in [-0.25, -0.2) is 4.98 Å². The number of halogens is 2. The predicted molar refractivity (Wildman–Crippen MR) is 122 cm³/mol. The van der Waals surface area contributed by atoms with Crippen LogP contribution in [-0.2, 0) is 0 Å². The van der Waals surface area contributed by atoms with Gasteiger partial charge in [0.25, 0.3) is 11.8 Å². The molecule has 3 aromatic rings. The van der Waals surface area contributed by atoms with Crippen LogP contribution in [0.1, 0.15) is 20.8 Å². The zero-order valence-electron chi connectivity index (χ0n) is 16.7. The Morgan fingerprint density at radius 2 is 1.58 bits per heavy atom. The number of nitrogens with zero attached hydrogens (tertiary/aromatic N) is 3. The fourth-order valence-corrected chi connectivity index (χ4v) is 4.80. The van der Waals surface area contributed by atoms with Gasteiger partial charge in [0.15, 0.2) is 0 Å². The topological polar surface area (TPSA) is 62.7 Å². The highest BCUT2D eigenvalue weighted by molar-refractivity contribution is 7.13. The number of aromatic nitrogens is 1. The Labute approximate surface area is 194 Å². The molecule has 1 aromatic heterocycles. The number of ether oxygens (including phenoxy) is 1. The summed E-state index contributed by atoms with van der Waals surface area (Å²) in [7, 11) is 1.61. The first-order chi connectivity index (χ1) is 15.0. The summed E-state index contributed by atoms with van der Waals surface area (Å²) in [6, 6.07) is 12.4. The summed E-state index contributed by atoms with van der Waals surface area (Å²) in [5, 5.41) is 3.32. The van der Waals surface area contributed by atoms with Crippen LogP contribution in [0.5, 0.6) is 5.75 Å². The van der Waals surface area contributed by atoms with Crippen LogP contribution in [0.25, 0.3) is 10.6 Å². The van der Waals surface area contributed by atoms with Gasteiger partial charge in [-0.3, -0.25) is 9.59 Å². The number of benzene rings is 2. The molecule has 160 valence electrons. The van der Waals surface area contributed by atoms with Crippen LogP contribution in [0.2, 0.25) is 10.0 Å². The van der Waals surface area contributed by atoms with E-state index < -0.39 is 0 Å². The van der Waals surface area contributed by atoms with Crippen LogP contribution in [-0.4, -0.2) is 59.9 Å². The fourth-order valence-electron chi connectivity index (χ4n) is 3.45. The van der Waals surface area contributed by atoms with Gasteiger partial charge >= 0.3 is 0 Å². The summed E-state index contributed by atoms with van der Waals surface area (Å²) in [6.45, 7) is 1.72. The monoisotopic (exact) mass is 475 g/mol. The minimum absolute atomic E-state index is 0.143. The van der Waals surface area contributed by atoms with E-state index in [2.05, 4.69) is 4.98 Å². The normalized spacial score (nSPS) is 13.9. The van der Waals surface area contributed by atoms with E-state index in [0.717, 1.165) is 10.6 Å². The molecule has 0 saturated carbocycles. The number of methoxy groups -OCH3 is 1. The van der Waals surface area contributed by atoms with Crippen LogP contribution >= 0.6 is 34.5 Å². The largest absolute Gasteiger partial charge is 0.496 e. The van der Waals surface area contributed by atoms with Crippen LogP contribution in [0.15, 0.2) is 47.8 Å². The van der Waals surface area contributed by atoms with Crippen molar-refractivity contribution in [3.8, 4) is 16.3 Å². The smallest absolute Gasteiger partial charge is 0.273 e. The molecule has 1 fully saturated rings. The number of piperazine rings is 1. The Morgan fingerprint density at radius 3 is 2.23 bits per heavy atom. The number of thiazole rings is 1. The van der Waals surface area contributed by atoms with E-state index in [1.165, 1.54) is 11.3 Å². The number of rotatable bonds is 4. The van der Waals surface area contributed by atoms with Gasteiger partial charge in [-0.15, -0.1) is 11.3 Å². The molecule has 2 amide bonds. The molecule has 0 N–H and O–H groups in total. The molecule has 2 aromatic carbocycles. The molecule has 0 aliphatic carbocycles. The zero-order valence-corrected chi connectivity index (χ0v) is 19.0. The van der Waals surface area contributed by atoms with E-state index in [0.29, 0.717) is 53.2 Å². The zero-order chi connectivity index (χ0) is 22.0. The van der Waals surface area contributed by atoms with E-state index in [-0.39, 0.29) is 11.8 Å². The number of amides is 2. The molecule has 0 radical (unpaired) electrons. The van der Waals surface area contributed by atoms with Gasteiger partial charge in [-0.2, -0.15) is 0 Å². The molecule has 0 spiro atoms. The third kappa shape index (κ3) is 4.69. The van der Waals surface area contributed by atoms with Crippen molar-refractivity contribution in [2.75, 3.05) is 33.3 Å². The highest BCUT2D eigenvalue weighted by Gasteiger charge is 2.27. The van der Waals surface area contributed by atoms with Gasteiger partial charge in [0.05, 0.1) is 12.7 Å². The van der Waals surface area contributed by atoms with E-state index in [9.17, 15) is 9.59 Å². The first-order valence-corrected chi connectivity index (χ1v) is 11.2. The second kappa shape index (κ2) is 9.26. The van der Waals surface area contributed by atoms with Crippen LogP contribution in [0, 0.1) is 0 Å². The standard InChI is InChI=1S/C22H19Cl2N3O3S/c1-30-19-5-3-2-4-17(19)20-25-18(13-31-20)22(29)27-8-6-26(7-9-27)21(28)14-10-15(23)12-16(24)11-14/h2-5,10-13H,6-9H2,1H3. The van der Waals surface area contributed by atoms with Crippen molar-refractivity contribution in [1.29, 1.82) is 0 Å². The fraction of sp³-hybridized carbons (Fsp3) is 0.227. The van der Waals surface area contributed by atoms with Crippen molar-refractivity contribution in [2.45, 2.75) is 0 Å². The Morgan fingerprint density at radius 1 is 0.968 bits per heavy atom. The maximum atomic E-state index is 12.9. The number of hydrogen-bond acceptors (Lipinski definition) is 5. The van der Waals surface area contributed by atoms with Crippen molar-refractivity contribution >= 4 is 46.4 Å². The quantitative estimate of drug-likeness (QED) is 0.547. The van der Waals surface area contributed by atoms with Gasteiger partial charge in [0.2, 0.25) is 0 Å². The van der Waals surface area contributed by atoms with Crippen molar-refractivity contribution in [1.82, 2.24) is 14.8 Å². The molecule has 1 aliphatic rings. The second-order valence-electron chi connectivity index (χ2n) is 6.98. The lowest BCUT2D eigenvalue weighted by Crippen LogP contribution is -2.50. The summed E-state index contributed by atoms with van der Waals surface area (Å²) < 4.78 is 5.39.